The summed E-state index contributed by atoms with van der Waals surface area (Å²) in [5.74, 6) is 1.96. The van der Waals surface area contributed by atoms with Gasteiger partial charge in [0.1, 0.15) is 0 Å². The minimum atomic E-state index is 0.821. The Balaban J connectivity index is 0.000000180. The van der Waals surface area contributed by atoms with Crippen molar-refractivity contribution in [2.75, 3.05) is 14.1 Å². The lowest BCUT2D eigenvalue weighted by Crippen LogP contribution is -2.29. The van der Waals surface area contributed by atoms with E-state index in [-0.39, 0.29) is 0 Å². The van der Waals surface area contributed by atoms with Crippen LogP contribution in [0.4, 0.5) is 0 Å². The Bertz CT molecular complexity index is 167. The lowest BCUT2D eigenvalue weighted by atomic mass is 9.87. The van der Waals surface area contributed by atoms with Gasteiger partial charge < -0.3 is 10.6 Å². The molecule has 0 aromatic rings. The first kappa shape index (κ1) is 16.0. The van der Waals surface area contributed by atoms with Gasteiger partial charge in [-0.2, -0.15) is 0 Å². The second-order valence-electron chi connectivity index (χ2n) is 6.49. The van der Waals surface area contributed by atoms with Crippen LogP contribution in [-0.4, -0.2) is 26.2 Å². The summed E-state index contributed by atoms with van der Waals surface area (Å²) in [4.78, 5) is 0. The predicted molar refractivity (Wildman–Crippen MR) is 81.0 cm³/mol. The largest absolute Gasteiger partial charge is 0.317 e. The number of hydrogen-bond acceptors (Lipinski definition) is 2. The van der Waals surface area contributed by atoms with Crippen LogP contribution in [0.15, 0.2) is 0 Å². The molecular formula is C16H34N2. The summed E-state index contributed by atoms with van der Waals surface area (Å²) in [5, 5.41) is 6.65. The Morgan fingerprint density at radius 3 is 1.06 bits per heavy atom. The molecule has 2 N–H and O–H groups in total. The quantitative estimate of drug-likeness (QED) is 0.787. The average molecular weight is 254 g/mol. The molecule has 0 aliphatic heterocycles. The van der Waals surface area contributed by atoms with Crippen LogP contribution in [0, 0.1) is 11.8 Å². The van der Waals surface area contributed by atoms with Crippen LogP contribution in [0.1, 0.15) is 65.2 Å². The average Bonchev–Trinajstić information content (AvgIpc) is 2.41. The molecule has 2 nitrogen and oxygen atoms in total. The zero-order chi connectivity index (χ0) is 13.4. The van der Waals surface area contributed by atoms with Gasteiger partial charge in [0, 0.05) is 12.1 Å². The molecule has 2 heteroatoms. The minimum absolute atomic E-state index is 0.821. The van der Waals surface area contributed by atoms with Gasteiger partial charge in [-0.05, 0) is 77.3 Å². The van der Waals surface area contributed by atoms with E-state index < -0.39 is 0 Å². The maximum absolute atomic E-state index is 3.32. The van der Waals surface area contributed by atoms with E-state index in [9.17, 15) is 0 Å². The SMILES string of the molecule is CNC1CCC(C)CC1.CNC1CCC(C)CC1. The highest BCUT2D eigenvalue weighted by atomic mass is 14.9. The van der Waals surface area contributed by atoms with Crippen LogP contribution >= 0.6 is 0 Å². The third kappa shape index (κ3) is 6.19. The molecule has 0 saturated heterocycles. The molecule has 0 heterocycles. The molecule has 2 rings (SSSR count). The van der Waals surface area contributed by atoms with Crippen LogP contribution in [0.2, 0.25) is 0 Å². The van der Waals surface area contributed by atoms with E-state index in [2.05, 4.69) is 38.6 Å². The van der Waals surface area contributed by atoms with Crippen LogP contribution in [-0.2, 0) is 0 Å². The molecular weight excluding hydrogens is 220 g/mol. The Hall–Kier alpha value is -0.0800. The van der Waals surface area contributed by atoms with E-state index in [1.807, 2.05) is 0 Å². The van der Waals surface area contributed by atoms with Crippen LogP contribution < -0.4 is 10.6 Å². The smallest absolute Gasteiger partial charge is 0.00642 e. The first-order valence-electron chi connectivity index (χ1n) is 8.00. The molecule has 0 bridgehead atoms. The van der Waals surface area contributed by atoms with Crippen LogP contribution in [0.5, 0.6) is 0 Å². The standard InChI is InChI=1S/2C8H17N/c2*1-7-3-5-8(9-2)6-4-7/h2*7-9H,3-6H2,1-2H3. The van der Waals surface area contributed by atoms with E-state index in [0.717, 1.165) is 23.9 Å². The molecule has 2 fully saturated rings. The monoisotopic (exact) mass is 254 g/mol. The minimum Gasteiger partial charge on any atom is -0.317 e. The van der Waals surface area contributed by atoms with Crippen molar-refractivity contribution in [1.29, 1.82) is 0 Å². The third-order valence-corrected chi connectivity index (χ3v) is 4.85. The number of nitrogens with one attached hydrogen (secondary N) is 2. The van der Waals surface area contributed by atoms with Crippen molar-refractivity contribution in [2.24, 2.45) is 11.8 Å². The third-order valence-electron chi connectivity index (χ3n) is 4.85. The van der Waals surface area contributed by atoms with Gasteiger partial charge in [-0.1, -0.05) is 13.8 Å². The van der Waals surface area contributed by atoms with E-state index in [0.29, 0.717) is 0 Å². The van der Waals surface area contributed by atoms with Gasteiger partial charge in [0.2, 0.25) is 0 Å². The Labute approximate surface area is 114 Å². The highest BCUT2D eigenvalue weighted by molar-refractivity contribution is 4.73. The molecule has 0 radical (unpaired) electrons. The van der Waals surface area contributed by atoms with Gasteiger partial charge in [-0.15, -0.1) is 0 Å². The van der Waals surface area contributed by atoms with Gasteiger partial charge >= 0.3 is 0 Å². The van der Waals surface area contributed by atoms with Gasteiger partial charge in [-0.3, -0.25) is 0 Å². The topological polar surface area (TPSA) is 24.1 Å². The molecule has 0 spiro atoms. The fourth-order valence-corrected chi connectivity index (χ4v) is 3.10. The molecule has 0 amide bonds. The second kappa shape index (κ2) is 8.92. The number of hydrogen-bond donors (Lipinski definition) is 2. The van der Waals surface area contributed by atoms with E-state index in [1.165, 1.54) is 51.4 Å². The lowest BCUT2D eigenvalue weighted by Gasteiger charge is -2.25. The molecule has 108 valence electrons. The van der Waals surface area contributed by atoms with Crippen molar-refractivity contribution in [3.63, 3.8) is 0 Å². The number of rotatable bonds is 2. The van der Waals surface area contributed by atoms with Crippen molar-refractivity contribution >= 4 is 0 Å². The van der Waals surface area contributed by atoms with Crippen molar-refractivity contribution in [3.8, 4) is 0 Å². The Morgan fingerprint density at radius 2 is 0.833 bits per heavy atom. The highest BCUT2D eigenvalue weighted by Gasteiger charge is 2.16. The summed E-state index contributed by atoms with van der Waals surface area (Å²) in [6.45, 7) is 4.71. The van der Waals surface area contributed by atoms with Crippen molar-refractivity contribution in [3.05, 3.63) is 0 Å². The Kier molecular flexibility index (Phi) is 7.92. The van der Waals surface area contributed by atoms with Crippen LogP contribution in [0.3, 0.4) is 0 Å². The second-order valence-corrected chi connectivity index (χ2v) is 6.49. The van der Waals surface area contributed by atoms with Crippen molar-refractivity contribution < 1.29 is 0 Å². The summed E-state index contributed by atoms with van der Waals surface area (Å²) >= 11 is 0. The van der Waals surface area contributed by atoms with Crippen molar-refractivity contribution in [2.45, 2.75) is 77.3 Å². The van der Waals surface area contributed by atoms with E-state index >= 15 is 0 Å². The molecule has 18 heavy (non-hydrogen) atoms. The summed E-state index contributed by atoms with van der Waals surface area (Å²) in [7, 11) is 4.14. The fraction of sp³-hybridized carbons (Fsp3) is 1.00. The first-order valence-corrected chi connectivity index (χ1v) is 8.00. The summed E-state index contributed by atoms with van der Waals surface area (Å²) < 4.78 is 0. The fourth-order valence-electron chi connectivity index (χ4n) is 3.10. The molecule has 0 aromatic heterocycles. The first-order chi connectivity index (χ1) is 8.65. The normalized spacial score (nSPS) is 36.7. The molecule has 2 saturated carbocycles. The predicted octanol–water partition coefficient (Wildman–Crippen LogP) is 3.57. The maximum atomic E-state index is 3.32. The van der Waals surface area contributed by atoms with E-state index in [4.69, 9.17) is 0 Å². The van der Waals surface area contributed by atoms with Gasteiger partial charge in [0.05, 0.1) is 0 Å². The van der Waals surface area contributed by atoms with Gasteiger partial charge in [0.15, 0.2) is 0 Å². The summed E-state index contributed by atoms with van der Waals surface area (Å²) in [6, 6.07) is 1.64. The summed E-state index contributed by atoms with van der Waals surface area (Å²) in [5.41, 5.74) is 0. The molecule has 0 aromatic carbocycles. The zero-order valence-corrected chi connectivity index (χ0v) is 13.0. The van der Waals surface area contributed by atoms with Crippen LogP contribution in [0.25, 0.3) is 0 Å². The summed E-state index contributed by atoms with van der Waals surface area (Å²) in [6.07, 6.45) is 11.2. The zero-order valence-electron chi connectivity index (χ0n) is 13.0. The highest BCUT2D eigenvalue weighted by Crippen LogP contribution is 2.23. The molecule has 2 aliphatic rings. The van der Waals surface area contributed by atoms with Gasteiger partial charge in [-0.25, -0.2) is 0 Å². The van der Waals surface area contributed by atoms with E-state index in [1.54, 1.807) is 0 Å². The molecule has 2 aliphatic carbocycles. The maximum Gasteiger partial charge on any atom is 0.00642 e. The molecule has 0 atom stereocenters. The lowest BCUT2D eigenvalue weighted by molar-refractivity contribution is 0.319. The Morgan fingerprint density at radius 1 is 0.556 bits per heavy atom. The van der Waals surface area contributed by atoms with Crippen molar-refractivity contribution in [1.82, 2.24) is 10.6 Å². The van der Waals surface area contributed by atoms with Gasteiger partial charge in [0.25, 0.3) is 0 Å². The molecule has 0 unspecified atom stereocenters.